The van der Waals surface area contributed by atoms with Gasteiger partial charge in [0.05, 0.1) is 19.9 Å². The van der Waals surface area contributed by atoms with E-state index in [1.807, 2.05) is 0 Å². The van der Waals surface area contributed by atoms with Crippen molar-refractivity contribution in [1.82, 2.24) is 0 Å². The number of carboxylic acid groups (broad SMARTS) is 1. The number of hydrogen-bond acceptors (Lipinski definition) is 4. The van der Waals surface area contributed by atoms with Gasteiger partial charge in [0.2, 0.25) is 0 Å². The Hall–Kier alpha value is -2.17. The van der Waals surface area contributed by atoms with Crippen LogP contribution in [0.1, 0.15) is 0 Å². The van der Waals surface area contributed by atoms with Gasteiger partial charge in [-0.2, -0.15) is 0 Å². The first kappa shape index (κ1) is 12.9. The number of rotatable bonds is 6. The Bertz CT molecular complexity index is 429. The predicted octanol–water partition coefficient (Wildman–Crippen LogP) is 1.76. The van der Waals surface area contributed by atoms with Gasteiger partial charge in [0, 0.05) is 18.2 Å². The van der Waals surface area contributed by atoms with Crippen molar-refractivity contribution in [3.63, 3.8) is 0 Å². The molecule has 0 unspecified atom stereocenters. The number of aliphatic carboxylic acids is 1. The summed E-state index contributed by atoms with van der Waals surface area (Å²) in [5.74, 6) is 0.233. The molecular formula is C12H15NO4. The van der Waals surface area contributed by atoms with E-state index >= 15 is 0 Å². The summed E-state index contributed by atoms with van der Waals surface area (Å²) in [6.07, 6.45) is 0. The van der Waals surface area contributed by atoms with Crippen molar-refractivity contribution >= 4 is 11.7 Å². The molecule has 1 rings (SSSR count). The average molecular weight is 237 g/mol. The summed E-state index contributed by atoms with van der Waals surface area (Å²) in [6.45, 7) is 3.58. The van der Waals surface area contributed by atoms with E-state index in [-0.39, 0.29) is 12.1 Å². The quantitative estimate of drug-likeness (QED) is 0.738. The molecule has 0 spiro atoms. The first-order chi connectivity index (χ1) is 8.08. The second-order valence-corrected chi connectivity index (χ2v) is 3.33. The smallest absolute Gasteiger partial charge is 0.332 e. The third-order valence-corrected chi connectivity index (χ3v) is 2.20. The van der Waals surface area contributed by atoms with Gasteiger partial charge < -0.3 is 19.9 Å². The highest BCUT2D eigenvalue weighted by atomic mass is 16.5. The van der Waals surface area contributed by atoms with Crippen LogP contribution < -0.4 is 14.8 Å². The van der Waals surface area contributed by atoms with E-state index in [4.69, 9.17) is 14.6 Å². The number of hydrogen-bond donors (Lipinski definition) is 2. The Morgan fingerprint density at radius 2 is 2.12 bits per heavy atom. The summed E-state index contributed by atoms with van der Waals surface area (Å²) < 4.78 is 10.2. The fraction of sp³-hybridized carbons (Fsp3) is 0.250. The van der Waals surface area contributed by atoms with Gasteiger partial charge in [-0.25, -0.2) is 4.79 Å². The molecule has 92 valence electrons. The van der Waals surface area contributed by atoms with E-state index < -0.39 is 5.97 Å². The molecule has 0 atom stereocenters. The van der Waals surface area contributed by atoms with Crippen molar-refractivity contribution < 1.29 is 19.4 Å². The molecule has 0 aliphatic carbocycles. The molecule has 0 fully saturated rings. The van der Waals surface area contributed by atoms with Crippen LogP contribution >= 0.6 is 0 Å². The van der Waals surface area contributed by atoms with Crippen molar-refractivity contribution in [1.29, 1.82) is 0 Å². The molecule has 0 amide bonds. The Morgan fingerprint density at radius 3 is 2.65 bits per heavy atom. The minimum atomic E-state index is -1.02. The second-order valence-electron chi connectivity index (χ2n) is 3.33. The van der Waals surface area contributed by atoms with Crippen LogP contribution in [0.3, 0.4) is 0 Å². The lowest BCUT2D eigenvalue weighted by atomic mass is 10.2. The largest absolute Gasteiger partial charge is 0.497 e. The Kier molecular flexibility index (Phi) is 4.39. The average Bonchev–Trinajstić information content (AvgIpc) is 2.35. The topological polar surface area (TPSA) is 67.8 Å². The second kappa shape index (κ2) is 5.79. The molecule has 0 aliphatic rings. The fourth-order valence-electron chi connectivity index (χ4n) is 1.22. The van der Waals surface area contributed by atoms with Crippen molar-refractivity contribution in [2.75, 3.05) is 26.1 Å². The Morgan fingerprint density at radius 1 is 1.41 bits per heavy atom. The Balaban J connectivity index is 2.77. The molecule has 0 saturated heterocycles. The predicted molar refractivity (Wildman–Crippen MR) is 64.8 cm³/mol. The highest BCUT2D eigenvalue weighted by molar-refractivity contribution is 5.87. The minimum absolute atomic E-state index is 0.0860. The maximum absolute atomic E-state index is 10.6. The van der Waals surface area contributed by atoms with Crippen molar-refractivity contribution in [3.8, 4) is 11.5 Å². The van der Waals surface area contributed by atoms with E-state index in [2.05, 4.69) is 11.9 Å². The molecule has 0 aliphatic heterocycles. The molecule has 0 saturated carbocycles. The van der Waals surface area contributed by atoms with E-state index in [1.54, 1.807) is 25.3 Å². The van der Waals surface area contributed by atoms with Crippen LogP contribution in [0.5, 0.6) is 11.5 Å². The first-order valence-corrected chi connectivity index (χ1v) is 4.95. The standard InChI is InChI=1S/C12H15NO4/c1-8(12(14)15)7-13-10-5-4-9(16-2)6-11(10)17-3/h4-6,13H,1,7H2,2-3H3,(H,14,15). The summed E-state index contributed by atoms with van der Waals surface area (Å²) in [7, 11) is 3.10. The SMILES string of the molecule is C=C(CNc1ccc(OC)cc1OC)C(=O)O. The number of benzene rings is 1. The molecule has 5 nitrogen and oxygen atoms in total. The number of anilines is 1. The van der Waals surface area contributed by atoms with Crippen LogP contribution in [0.15, 0.2) is 30.4 Å². The van der Waals surface area contributed by atoms with Crippen LogP contribution in [-0.2, 0) is 4.79 Å². The van der Waals surface area contributed by atoms with Gasteiger partial charge in [-0.05, 0) is 12.1 Å². The van der Waals surface area contributed by atoms with Gasteiger partial charge in [0.1, 0.15) is 11.5 Å². The normalized spacial score (nSPS) is 9.53. The highest BCUT2D eigenvalue weighted by Crippen LogP contribution is 2.28. The molecule has 1 aromatic rings. The fourth-order valence-corrected chi connectivity index (χ4v) is 1.22. The zero-order chi connectivity index (χ0) is 12.8. The Labute approximate surface area is 99.7 Å². The van der Waals surface area contributed by atoms with Crippen molar-refractivity contribution in [2.45, 2.75) is 0 Å². The van der Waals surface area contributed by atoms with Gasteiger partial charge in [-0.3, -0.25) is 0 Å². The third kappa shape index (κ3) is 3.41. The first-order valence-electron chi connectivity index (χ1n) is 4.95. The van der Waals surface area contributed by atoms with Gasteiger partial charge in [-0.1, -0.05) is 6.58 Å². The summed E-state index contributed by atoms with van der Waals surface area (Å²) in [5, 5.41) is 11.6. The van der Waals surface area contributed by atoms with E-state index in [0.29, 0.717) is 17.2 Å². The van der Waals surface area contributed by atoms with Crippen LogP contribution in [0.4, 0.5) is 5.69 Å². The molecule has 0 radical (unpaired) electrons. The van der Waals surface area contributed by atoms with Crippen LogP contribution in [0.2, 0.25) is 0 Å². The van der Waals surface area contributed by atoms with E-state index in [9.17, 15) is 4.79 Å². The van der Waals surface area contributed by atoms with Crippen molar-refractivity contribution in [3.05, 3.63) is 30.4 Å². The van der Waals surface area contributed by atoms with Gasteiger partial charge in [-0.15, -0.1) is 0 Å². The van der Waals surface area contributed by atoms with Crippen LogP contribution in [0, 0.1) is 0 Å². The molecule has 5 heteroatoms. The number of nitrogens with one attached hydrogen (secondary N) is 1. The maximum atomic E-state index is 10.6. The lowest BCUT2D eigenvalue weighted by molar-refractivity contribution is -0.132. The lowest BCUT2D eigenvalue weighted by Crippen LogP contribution is -2.11. The summed E-state index contributed by atoms with van der Waals surface area (Å²) in [5.41, 5.74) is 0.776. The van der Waals surface area contributed by atoms with Gasteiger partial charge in [0.15, 0.2) is 0 Å². The summed E-state index contributed by atoms with van der Waals surface area (Å²) in [6, 6.07) is 5.23. The van der Waals surface area contributed by atoms with Crippen LogP contribution in [-0.4, -0.2) is 31.8 Å². The molecule has 0 heterocycles. The number of carbonyl (C=O) groups is 1. The molecule has 1 aromatic carbocycles. The minimum Gasteiger partial charge on any atom is -0.497 e. The molecule has 2 N–H and O–H groups in total. The third-order valence-electron chi connectivity index (χ3n) is 2.20. The molecular weight excluding hydrogens is 222 g/mol. The number of carboxylic acids is 1. The zero-order valence-corrected chi connectivity index (χ0v) is 9.82. The van der Waals surface area contributed by atoms with E-state index in [1.165, 1.54) is 7.11 Å². The molecule has 0 aromatic heterocycles. The highest BCUT2D eigenvalue weighted by Gasteiger charge is 2.07. The molecule has 17 heavy (non-hydrogen) atoms. The monoisotopic (exact) mass is 237 g/mol. The van der Waals surface area contributed by atoms with Crippen molar-refractivity contribution in [2.24, 2.45) is 0 Å². The number of ether oxygens (including phenoxy) is 2. The van der Waals surface area contributed by atoms with Gasteiger partial charge >= 0.3 is 5.97 Å². The summed E-state index contributed by atoms with van der Waals surface area (Å²) in [4.78, 5) is 10.6. The maximum Gasteiger partial charge on any atom is 0.332 e. The number of methoxy groups -OCH3 is 2. The van der Waals surface area contributed by atoms with Gasteiger partial charge in [0.25, 0.3) is 0 Å². The summed E-state index contributed by atoms with van der Waals surface area (Å²) >= 11 is 0. The molecule has 0 bridgehead atoms. The zero-order valence-electron chi connectivity index (χ0n) is 9.82. The lowest BCUT2D eigenvalue weighted by Gasteiger charge is -2.12. The van der Waals surface area contributed by atoms with Crippen LogP contribution in [0.25, 0.3) is 0 Å². The van der Waals surface area contributed by atoms with E-state index in [0.717, 1.165) is 0 Å².